The number of halogens is 3. The number of carbonyl (C=O) groups excluding carboxylic acids is 1. The Hall–Kier alpha value is -1.86. The molecule has 1 saturated heterocycles. The third kappa shape index (κ3) is 5.93. The standard InChI is InChI=1S/C25H23Br2ClN2O2/c26-20-5-1-18(2-6-20)25(19-3-7-21(27)8-4-19)30-15-13-29(14-16-30)24(31)17-32-23-11-9-22(28)10-12-23/h1-12,25H,13-17H2. The van der Waals surface area contributed by atoms with Crippen LogP contribution in [0.1, 0.15) is 17.2 Å². The van der Waals surface area contributed by atoms with Gasteiger partial charge in [-0.3, -0.25) is 9.69 Å². The summed E-state index contributed by atoms with van der Waals surface area (Å²) in [7, 11) is 0. The highest BCUT2D eigenvalue weighted by atomic mass is 79.9. The quantitative estimate of drug-likeness (QED) is 0.350. The van der Waals surface area contributed by atoms with Crippen LogP contribution in [-0.2, 0) is 4.79 Å². The zero-order chi connectivity index (χ0) is 22.5. The predicted octanol–water partition coefficient (Wildman–Crippen LogP) is 6.18. The van der Waals surface area contributed by atoms with Gasteiger partial charge in [0.1, 0.15) is 5.75 Å². The van der Waals surface area contributed by atoms with Crippen LogP contribution < -0.4 is 4.74 Å². The second kappa shape index (κ2) is 10.8. The van der Waals surface area contributed by atoms with E-state index in [0.29, 0.717) is 23.9 Å². The molecule has 0 unspecified atom stereocenters. The largest absolute Gasteiger partial charge is 0.484 e. The van der Waals surface area contributed by atoms with Gasteiger partial charge in [0.15, 0.2) is 6.61 Å². The predicted molar refractivity (Wildman–Crippen MR) is 135 cm³/mol. The Morgan fingerprint density at radius 1 is 0.812 bits per heavy atom. The van der Waals surface area contributed by atoms with Crippen LogP contribution in [0.3, 0.4) is 0 Å². The topological polar surface area (TPSA) is 32.8 Å². The van der Waals surface area contributed by atoms with E-state index in [-0.39, 0.29) is 18.6 Å². The number of benzene rings is 3. The maximum Gasteiger partial charge on any atom is 0.260 e. The van der Waals surface area contributed by atoms with Crippen LogP contribution in [0.4, 0.5) is 0 Å². The fraction of sp³-hybridized carbons (Fsp3) is 0.240. The van der Waals surface area contributed by atoms with Crippen molar-refractivity contribution in [3.8, 4) is 5.75 Å². The molecule has 1 amide bonds. The average molecular weight is 579 g/mol. The van der Waals surface area contributed by atoms with Crippen LogP contribution in [0.5, 0.6) is 5.75 Å². The second-order valence-corrected chi connectivity index (χ2v) is 9.93. The molecule has 1 heterocycles. The zero-order valence-electron chi connectivity index (χ0n) is 17.4. The number of nitrogens with zero attached hydrogens (tertiary/aromatic N) is 2. The minimum atomic E-state index is 0.00318. The first-order valence-corrected chi connectivity index (χ1v) is 12.4. The number of amides is 1. The number of ether oxygens (including phenoxy) is 1. The van der Waals surface area contributed by atoms with Gasteiger partial charge in [-0.25, -0.2) is 0 Å². The highest BCUT2D eigenvalue weighted by molar-refractivity contribution is 9.10. The SMILES string of the molecule is O=C(COc1ccc(Cl)cc1)N1CCN(C(c2ccc(Br)cc2)c2ccc(Br)cc2)CC1. The molecule has 0 saturated carbocycles. The van der Waals surface area contributed by atoms with Gasteiger partial charge < -0.3 is 9.64 Å². The molecule has 0 aromatic heterocycles. The summed E-state index contributed by atoms with van der Waals surface area (Å²) in [5, 5.41) is 0.644. The van der Waals surface area contributed by atoms with Crippen LogP contribution >= 0.6 is 43.5 Å². The molecule has 1 aliphatic rings. The number of hydrogen-bond acceptors (Lipinski definition) is 3. The van der Waals surface area contributed by atoms with Crippen molar-refractivity contribution >= 4 is 49.4 Å². The summed E-state index contributed by atoms with van der Waals surface area (Å²) in [5.41, 5.74) is 2.47. The molecule has 7 heteroatoms. The van der Waals surface area contributed by atoms with Crippen molar-refractivity contribution in [1.29, 1.82) is 0 Å². The number of piperazine rings is 1. The molecule has 166 valence electrons. The van der Waals surface area contributed by atoms with Gasteiger partial charge in [0, 0.05) is 40.1 Å². The summed E-state index contributed by atoms with van der Waals surface area (Å²) < 4.78 is 7.76. The van der Waals surface area contributed by atoms with Gasteiger partial charge >= 0.3 is 0 Å². The minimum absolute atomic E-state index is 0.00318. The highest BCUT2D eigenvalue weighted by Gasteiger charge is 2.28. The average Bonchev–Trinajstić information content (AvgIpc) is 2.81. The fourth-order valence-corrected chi connectivity index (χ4v) is 4.56. The lowest BCUT2D eigenvalue weighted by Crippen LogP contribution is -2.51. The first-order valence-electron chi connectivity index (χ1n) is 10.4. The maximum atomic E-state index is 12.7. The van der Waals surface area contributed by atoms with E-state index >= 15 is 0 Å². The molecule has 3 aromatic carbocycles. The smallest absolute Gasteiger partial charge is 0.260 e. The molecule has 0 aliphatic carbocycles. The van der Waals surface area contributed by atoms with Crippen molar-refractivity contribution < 1.29 is 9.53 Å². The Bertz CT molecular complexity index is 990. The van der Waals surface area contributed by atoms with Crippen LogP contribution in [-0.4, -0.2) is 48.5 Å². The Labute approximate surface area is 210 Å². The van der Waals surface area contributed by atoms with E-state index in [9.17, 15) is 4.79 Å². The molecule has 3 aromatic rings. The van der Waals surface area contributed by atoms with Gasteiger partial charge in [-0.15, -0.1) is 0 Å². The Morgan fingerprint density at radius 2 is 1.31 bits per heavy atom. The molecule has 1 fully saturated rings. The zero-order valence-corrected chi connectivity index (χ0v) is 21.3. The van der Waals surface area contributed by atoms with E-state index < -0.39 is 0 Å². The van der Waals surface area contributed by atoms with Crippen molar-refractivity contribution in [3.05, 3.63) is 97.9 Å². The van der Waals surface area contributed by atoms with Crippen LogP contribution in [0.15, 0.2) is 81.7 Å². The first-order chi connectivity index (χ1) is 15.5. The summed E-state index contributed by atoms with van der Waals surface area (Å²) >= 11 is 13.0. The van der Waals surface area contributed by atoms with Crippen molar-refractivity contribution in [2.75, 3.05) is 32.8 Å². The monoisotopic (exact) mass is 576 g/mol. The van der Waals surface area contributed by atoms with E-state index in [0.717, 1.165) is 22.0 Å². The van der Waals surface area contributed by atoms with Crippen molar-refractivity contribution in [2.45, 2.75) is 6.04 Å². The minimum Gasteiger partial charge on any atom is -0.484 e. The van der Waals surface area contributed by atoms with Gasteiger partial charge in [0.25, 0.3) is 5.91 Å². The van der Waals surface area contributed by atoms with E-state index in [4.69, 9.17) is 16.3 Å². The molecule has 0 bridgehead atoms. The van der Waals surface area contributed by atoms with Gasteiger partial charge in [0.2, 0.25) is 0 Å². The lowest BCUT2D eigenvalue weighted by molar-refractivity contribution is -0.135. The molecule has 4 nitrogen and oxygen atoms in total. The molecular weight excluding hydrogens is 556 g/mol. The number of hydrogen-bond donors (Lipinski definition) is 0. The number of carbonyl (C=O) groups is 1. The first kappa shape index (κ1) is 23.3. The lowest BCUT2D eigenvalue weighted by Gasteiger charge is -2.39. The molecule has 0 radical (unpaired) electrons. The van der Waals surface area contributed by atoms with Crippen LogP contribution in [0.2, 0.25) is 5.02 Å². The highest BCUT2D eigenvalue weighted by Crippen LogP contribution is 2.31. The Kier molecular flexibility index (Phi) is 7.89. The maximum absolute atomic E-state index is 12.7. The fourth-order valence-electron chi connectivity index (χ4n) is 3.90. The summed E-state index contributed by atoms with van der Waals surface area (Å²) in [4.78, 5) is 17.0. The third-order valence-corrected chi connectivity index (χ3v) is 6.89. The van der Waals surface area contributed by atoms with Crippen molar-refractivity contribution in [2.24, 2.45) is 0 Å². The molecule has 1 aliphatic heterocycles. The van der Waals surface area contributed by atoms with Crippen molar-refractivity contribution in [1.82, 2.24) is 9.80 Å². The van der Waals surface area contributed by atoms with Crippen LogP contribution in [0.25, 0.3) is 0 Å². The van der Waals surface area contributed by atoms with Gasteiger partial charge in [0.05, 0.1) is 6.04 Å². The van der Waals surface area contributed by atoms with E-state index in [1.165, 1.54) is 11.1 Å². The summed E-state index contributed by atoms with van der Waals surface area (Å²) in [6.45, 7) is 2.97. The summed E-state index contributed by atoms with van der Waals surface area (Å²) in [6, 6.07) is 24.1. The van der Waals surface area contributed by atoms with Gasteiger partial charge in [-0.1, -0.05) is 67.7 Å². The summed E-state index contributed by atoms with van der Waals surface area (Å²) in [6.07, 6.45) is 0. The molecule has 0 spiro atoms. The molecule has 32 heavy (non-hydrogen) atoms. The van der Waals surface area contributed by atoms with Gasteiger partial charge in [-0.05, 0) is 59.7 Å². The van der Waals surface area contributed by atoms with E-state index in [1.54, 1.807) is 24.3 Å². The van der Waals surface area contributed by atoms with Gasteiger partial charge in [-0.2, -0.15) is 0 Å². The Balaban J connectivity index is 1.41. The Morgan fingerprint density at radius 3 is 1.81 bits per heavy atom. The molecular formula is C25H23Br2ClN2O2. The normalized spacial score (nSPS) is 14.6. The summed E-state index contributed by atoms with van der Waals surface area (Å²) in [5.74, 6) is 0.648. The number of rotatable bonds is 6. The van der Waals surface area contributed by atoms with Crippen molar-refractivity contribution in [3.63, 3.8) is 0 Å². The van der Waals surface area contributed by atoms with E-state index in [1.807, 2.05) is 4.90 Å². The van der Waals surface area contributed by atoms with Crippen LogP contribution in [0, 0.1) is 0 Å². The third-order valence-electron chi connectivity index (χ3n) is 5.58. The molecule has 4 rings (SSSR count). The molecule has 0 N–H and O–H groups in total. The molecule has 0 atom stereocenters. The lowest BCUT2D eigenvalue weighted by atomic mass is 9.96. The second-order valence-electron chi connectivity index (χ2n) is 7.66. The van der Waals surface area contributed by atoms with E-state index in [2.05, 4.69) is 85.3 Å².